The number of hydrogen-bond donors (Lipinski definition) is 1. The van der Waals surface area contributed by atoms with Gasteiger partial charge in [0, 0.05) is 6.92 Å². The first-order chi connectivity index (χ1) is 13.2. The van der Waals surface area contributed by atoms with E-state index in [4.69, 9.17) is 24.8 Å². The lowest BCUT2D eigenvalue weighted by atomic mass is 10.2. The van der Waals surface area contributed by atoms with Crippen LogP contribution in [0.15, 0.2) is 48.5 Å². The van der Waals surface area contributed by atoms with Crippen LogP contribution in [0.2, 0.25) is 0 Å². The van der Waals surface area contributed by atoms with Crippen molar-refractivity contribution in [3.8, 4) is 11.5 Å². The Bertz CT molecular complexity index is 864. The van der Waals surface area contributed by atoms with E-state index in [9.17, 15) is 19.7 Å². The van der Waals surface area contributed by atoms with E-state index in [0.29, 0.717) is 5.56 Å². The number of ether oxygens (including phenoxy) is 2. The molecular formula is C16H14N2O10. The SMILES string of the molecule is CC(=O)Oc1ccccc1C(=O)Oc1cccc(CO[N+](=O)[O-])c1.O=[N+]([O-])O. The molecule has 0 radical (unpaired) electrons. The van der Waals surface area contributed by atoms with Gasteiger partial charge in [0.1, 0.15) is 23.7 Å². The van der Waals surface area contributed by atoms with Crippen molar-refractivity contribution in [2.24, 2.45) is 0 Å². The van der Waals surface area contributed by atoms with Gasteiger partial charge in [0.05, 0.1) is 0 Å². The molecule has 0 aliphatic carbocycles. The molecule has 12 nitrogen and oxygen atoms in total. The van der Waals surface area contributed by atoms with Gasteiger partial charge in [-0.1, -0.05) is 24.3 Å². The molecule has 28 heavy (non-hydrogen) atoms. The van der Waals surface area contributed by atoms with Crippen molar-refractivity contribution in [2.75, 3.05) is 0 Å². The van der Waals surface area contributed by atoms with E-state index < -0.39 is 22.1 Å². The topological polar surface area (TPSA) is 168 Å². The second-order valence-electron chi connectivity index (χ2n) is 4.86. The molecule has 0 heterocycles. The highest BCUT2D eigenvalue weighted by Crippen LogP contribution is 2.22. The summed E-state index contributed by atoms with van der Waals surface area (Å²) in [5.74, 6) is -1.02. The fourth-order valence-corrected chi connectivity index (χ4v) is 1.87. The fourth-order valence-electron chi connectivity index (χ4n) is 1.87. The first-order valence-electron chi connectivity index (χ1n) is 7.38. The third-order valence-corrected chi connectivity index (χ3v) is 2.81. The highest BCUT2D eigenvalue weighted by molar-refractivity contribution is 5.94. The van der Waals surface area contributed by atoms with Crippen molar-refractivity contribution in [3.05, 3.63) is 79.9 Å². The zero-order valence-electron chi connectivity index (χ0n) is 14.3. The van der Waals surface area contributed by atoms with Gasteiger partial charge in [0.25, 0.3) is 10.2 Å². The monoisotopic (exact) mass is 394 g/mol. The third kappa shape index (κ3) is 8.24. The molecule has 12 heteroatoms. The fraction of sp³-hybridized carbons (Fsp3) is 0.125. The van der Waals surface area contributed by atoms with Crippen LogP contribution in [-0.4, -0.2) is 27.3 Å². The van der Waals surface area contributed by atoms with Crippen LogP contribution in [0, 0.1) is 20.2 Å². The predicted octanol–water partition coefficient (Wildman–Crippen LogP) is 2.19. The molecule has 2 rings (SSSR count). The van der Waals surface area contributed by atoms with Gasteiger partial charge in [-0.2, -0.15) is 0 Å². The molecular weight excluding hydrogens is 380 g/mol. The molecule has 0 spiro atoms. The van der Waals surface area contributed by atoms with Crippen molar-refractivity contribution >= 4 is 11.9 Å². The van der Waals surface area contributed by atoms with Gasteiger partial charge in [0.15, 0.2) is 0 Å². The van der Waals surface area contributed by atoms with E-state index in [1.165, 1.54) is 31.2 Å². The van der Waals surface area contributed by atoms with E-state index in [1.807, 2.05) is 0 Å². The molecule has 2 aromatic rings. The number of nitrogens with zero attached hydrogens (tertiary/aromatic N) is 2. The molecule has 0 saturated carbocycles. The van der Waals surface area contributed by atoms with Crippen LogP contribution >= 0.6 is 0 Å². The maximum absolute atomic E-state index is 12.2. The number of carbonyl (C=O) groups is 2. The average Bonchev–Trinajstić information content (AvgIpc) is 2.59. The predicted molar refractivity (Wildman–Crippen MR) is 89.7 cm³/mol. The van der Waals surface area contributed by atoms with Crippen molar-refractivity contribution in [1.82, 2.24) is 0 Å². The van der Waals surface area contributed by atoms with Crippen LogP contribution < -0.4 is 9.47 Å². The summed E-state index contributed by atoms with van der Waals surface area (Å²) in [6.07, 6.45) is 0. The lowest BCUT2D eigenvalue weighted by molar-refractivity contribution is -0.763. The number of esters is 2. The summed E-state index contributed by atoms with van der Waals surface area (Å²) in [6.45, 7) is 0.962. The largest absolute Gasteiger partial charge is 0.426 e. The number of rotatable bonds is 6. The Hall–Kier alpha value is -4.22. The minimum Gasteiger partial charge on any atom is -0.426 e. The van der Waals surface area contributed by atoms with Gasteiger partial charge in [-0.15, -0.1) is 20.2 Å². The van der Waals surface area contributed by atoms with Crippen LogP contribution in [0.1, 0.15) is 22.8 Å². The Labute approximate surface area is 157 Å². The van der Waals surface area contributed by atoms with E-state index in [2.05, 4.69) is 4.84 Å². The first-order valence-corrected chi connectivity index (χ1v) is 7.38. The van der Waals surface area contributed by atoms with E-state index in [0.717, 1.165) is 0 Å². The van der Waals surface area contributed by atoms with Crippen molar-refractivity contribution in [1.29, 1.82) is 0 Å². The van der Waals surface area contributed by atoms with Gasteiger partial charge < -0.3 is 19.5 Å². The Kier molecular flexibility index (Phi) is 8.34. The second kappa shape index (κ2) is 10.7. The van der Waals surface area contributed by atoms with Crippen LogP contribution in [-0.2, 0) is 16.2 Å². The molecule has 2 aromatic carbocycles. The molecule has 0 bridgehead atoms. The van der Waals surface area contributed by atoms with Gasteiger partial charge in [-0.3, -0.25) is 4.79 Å². The average molecular weight is 394 g/mol. The Balaban J connectivity index is 0.000000892. The van der Waals surface area contributed by atoms with Crippen molar-refractivity contribution in [2.45, 2.75) is 13.5 Å². The quantitative estimate of drug-likeness (QED) is 0.332. The summed E-state index contributed by atoms with van der Waals surface area (Å²) in [5, 5.41) is 22.9. The van der Waals surface area contributed by atoms with E-state index >= 15 is 0 Å². The van der Waals surface area contributed by atoms with E-state index in [1.54, 1.807) is 24.3 Å². The van der Waals surface area contributed by atoms with Crippen molar-refractivity contribution in [3.63, 3.8) is 0 Å². The van der Waals surface area contributed by atoms with Gasteiger partial charge >= 0.3 is 11.9 Å². The Morgan fingerprint density at radius 2 is 1.68 bits per heavy atom. The number of carbonyl (C=O) groups excluding carboxylic acids is 2. The minimum absolute atomic E-state index is 0.0830. The third-order valence-electron chi connectivity index (χ3n) is 2.81. The Morgan fingerprint density at radius 1 is 1.04 bits per heavy atom. The Morgan fingerprint density at radius 3 is 2.29 bits per heavy atom. The summed E-state index contributed by atoms with van der Waals surface area (Å²) in [7, 11) is 0. The maximum Gasteiger partial charge on any atom is 0.347 e. The molecule has 0 atom stereocenters. The molecule has 0 aromatic heterocycles. The number of hydrogen-bond acceptors (Lipinski definition) is 9. The van der Waals surface area contributed by atoms with Gasteiger partial charge in [-0.05, 0) is 29.8 Å². The summed E-state index contributed by atoms with van der Waals surface area (Å²) >= 11 is 0. The molecule has 0 unspecified atom stereocenters. The lowest BCUT2D eigenvalue weighted by Crippen LogP contribution is -2.12. The van der Waals surface area contributed by atoms with Crippen LogP contribution in [0.5, 0.6) is 11.5 Å². The summed E-state index contributed by atoms with van der Waals surface area (Å²) < 4.78 is 10.2. The van der Waals surface area contributed by atoms with Crippen molar-refractivity contribution < 1.29 is 39.3 Å². The zero-order valence-corrected chi connectivity index (χ0v) is 14.3. The molecule has 0 fully saturated rings. The standard InChI is InChI=1S/C16H13NO7.HNO3/c1-11(18)23-15-8-3-2-7-14(15)16(19)24-13-6-4-5-12(9-13)10-22-17(20)21;2-1(3)4/h2-9H,10H2,1H3;(H,2,3,4). The minimum atomic E-state index is -1.50. The highest BCUT2D eigenvalue weighted by atomic mass is 16.9. The zero-order chi connectivity index (χ0) is 21.1. The van der Waals surface area contributed by atoms with Crippen LogP contribution in [0.3, 0.4) is 0 Å². The summed E-state index contributed by atoms with van der Waals surface area (Å²) in [6, 6.07) is 12.3. The number of benzene rings is 2. The van der Waals surface area contributed by atoms with Crippen LogP contribution in [0.4, 0.5) is 0 Å². The van der Waals surface area contributed by atoms with E-state index in [-0.39, 0.29) is 23.7 Å². The lowest BCUT2D eigenvalue weighted by Gasteiger charge is -2.09. The molecule has 0 amide bonds. The highest BCUT2D eigenvalue weighted by Gasteiger charge is 2.16. The summed E-state index contributed by atoms with van der Waals surface area (Å²) in [4.78, 5) is 46.1. The molecule has 0 aliphatic heterocycles. The maximum atomic E-state index is 12.2. The molecule has 1 N–H and O–H groups in total. The number of para-hydroxylation sites is 1. The molecule has 0 saturated heterocycles. The smallest absolute Gasteiger partial charge is 0.347 e. The second-order valence-corrected chi connectivity index (χ2v) is 4.86. The molecule has 0 aliphatic rings. The van der Waals surface area contributed by atoms with Gasteiger partial charge in [-0.25, -0.2) is 4.79 Å². The first kappa shape index (κ1) is 21.8. The normalized spacial score (nSPS) is 9.32. The molecule has 148 valence electrons. The van der Waals surface area contributed by atoms with Crippen LogP contribution in [0.25, 0.3) is 0 Å². The summed E-state index contributed by atoms with van der Waals surface area (Å²) in [5.41, 5.74) is 0.546. The van der Waals surface area contributed by atoms with Gasteiger partial charge in [0.2, 0.25) is 0 Å².